The van der Waals surface area contributed by atoms with E-state index in [2.05, 4.69) is 4.72 Å². The number of aromatic nitrogens is 1. The van der Waals surface area contributed by atoms with Crippen LogP contribution in [0.1, 0.15) is 17.2 Å². The van der Waals surface area contributed by atoms with E-state index < -0.39 is 16.1 Å². The molecule has 2 aromatic carbocycles. The molecular formula is C18H19ClN2O3S. The van der Waals surface area contributed by atoms with Crippen molar-refractivity contribution in [2.24, 2.45) is 7.05 Å². The van der Waals surface area contributed by atoms with Crippen LogP contribution in [0.2, 0.25) is 5.02 Å². The van der Waals surface area contributed by atoms with Gasteiger partial charge >= 0.3 is 0 Å². The Morgan fingerprint density at radius 3 is 2.68 bits per heavy atom. The Hall–Kier alpha value is -1.86. The monoisotopic (exact) mass is 378 g/mol. The highest BCUT2D eigenvalue weighted by Crippen LogP contribution is 2.26. The maximum absolute atomic E-state index is 12.5. The van der Waals surface area contributed by atoms with Gasteiger partial charge in [0.2, 0.25) is 10.0 Å². The lowest BCUT2D eigenvalue weighted by molar-refractivity contribution is 0.183. The van der Waals surface area contributed by atoms with Crippen LogP contribution in [-0.2, 0) is 17.1 Å². The highest BCUT2D eigenvalue weighted by atomic mass is 35.5. The fraction of sp³-hybridized carbons (Fsp3) is 0.222. The minimum Gasteiger partial charge on any atom is -0.387 e. The first-order valence-electron chi connectivity index (χ1n) is 7.78. The van der Waals surface area contributed by atoms with Gasteiger partial charge in [0.1, 0.15) is 0 Å². The lowest BCUT2D eigenvalue weighted by Crippen LogP contribution is -2.29. The summed E-state index contributed by atoms with van der Waals surface area (Å²) in [6, 6.07) is 12.4. The summed E-state index contributed by atoms with van der Waals surface area (Å²) in [6.07, 6.45) is 0.856. The molecule has 0 saturated heterocycles. The number of fused-ring (bicyclic) bond motifs is 1. The zero-order valence-electron chi connectivity index (χ0n) is 13.9. The maximum Gasteiger partial charge on any atom is 0.240 e. The highest BCUT2D eigenvalue weighted by Gasteiger charge is 2.21. The van der Waals surface area contributed by atoms with Crippen molar-refractivity contribution in [2.45, 2.75) is 17.9 Å². The molecule has 25 heavy (non-hydrogen) atoms. The van der Waals surface area contributed by atoms with Crippen molar-refractivity contribution in [2.75, 3.05) is 6.54 Å². The second-order valence-corrected chi connectivity index (χ2v) is 8.09. The Kier molecular flexibility index (Phi) is 4.88. The van der Waals surface area contributed by atoms with Gasteiger partial charge in [-0.05, 0) is 30.7 Å². The van der Waals surface area contributed by atoms with Crippen molar-refractivity contribution < 1.29 is 13.5 Å². The fourth-order valence-corrected chi connectivity index (χ4v) is 4.43. The summed E-state index contributed by atoms with van der Waals surface area (Å²) in [5.74, 6) is 0. The molecule has 3 aromatic rings. The van der Waals surface area contributed by atoms with Crippen LogP contribution in [0.3, 0.4) is 0 Å². The minimum atomic E-state index is -3.76. The number of benzene rings is 2. The number of halogens is 1. The van der Waals surface area contributed by atoms with Crippen molar-refractivity contribution in [3.8, 4) is 0 Å². The van der Waals surface area contributed by atoms with Gasteiger partial charge in [-0.25, -0.2) is 13.1 Å². The van der Waals surface area contributed by atoms with E-state index in [-0.39, 0.29) is 11.4 Å². The third-order valence-electron chi connectivity index (χ3n) is 4.26. The fourth-order valence-electron chi connectivity index (χ4n) is 2.89. The summed E-state index contributed by atoms with van der Waals surface area (Å²) in [7, 11) is -1.88. The topological polar surface area (TPSA) is 71.3 Å². The normalized spacial score (nSPS) is 13.3. The Morgan fingerprint density at radius 2 is 1.92 bits per heavy atom. The van der Waals surface area contributed by atoms with E-state index in [9.17, 15) is 13.5 Å². The summed E-state index contributed by atoms with van der Waals surface area (Å²) in [4.78, 5) is 0.116. The van der Waals surface area contributed by atoms with E-state index in [0.29, 0.717) is 16.1 Å². The van der Waals surface area contributed by atoms with Gasteiger partial charge in [-0.3, -0.25) is 0 Å². The molecule has 0 amide bonds. The largest absolute Gasteiger partial charge is 0.387 e. The van der Waals surface area contributed by atoms with Crippen LogP contribution in [0.15, 0.2) is 53.6 Å². The average Bonchev–Trinajstić information content (AvgIpc) is 2.92. The second-order valence-electron chi connectivity index (χ2n) is 5.94. The minimum absolute atomic E-state index is 0.116. The molecule has 1 atom stereocenters. The van der Waals surface area contributed by atoms with Crippen LogP contribution >= 0.6 is 11.6 Å². The zero-order valence-corrected chi connectivity index (χ0v) is 15.5. The molecule has 5 nitrogen and oxygen atoms in total. The molecule has 0 unspecified atom stereocenters. The number of para-hydroxylation sites is 1. The van der Waals surface area contributed by atoms with E-state index in [1.54, 1.807) is 19.1 Å². The van der Waals surface area contributed by atoms with Crippen molar-refractivity contribution >= 4 is 32.5 Å². The van der Waals surface area contributed by atoms with E-state index in [1.807, 2.05) is 42.1 Å². The summed E-state index contributed by atoms with van der Waals surface area (Å²) in [5.41, 5.74) is 2.14. The Balaban J connectivity index is 1.84. The van der Waals surface area contributed by atoms with Gasteiger partial charge in [0.25, 0.3) is 0 Å². The third kappa shape index (κ3) is 3.43. The lowest BCUT2D eigenvalue weighted by atomic mass is 10.1. The number of hydrogen-bond donors (Lipinski definition) is 2. The van der Waals surface area contributed by atoms with E-state index >= 15 is 0 Å². The smallest absolute Gasteiger partial charge is 0.240 e. The number of hydrogen-bond acceptors (Lipinski definition) is 3. The average molecular weight is 379 g/mol. The first-order chi connectivity index (χ1) is 11.8. The van der Waals surface area contributed by atoms with Gasteiger partial charge in [0.15, 0.2) is 0 Å². The number of aryl methyl sites for hydroxylation is 1. The number of sulfonamides is 1. The van der Waals surface area contributed by atoms with E-state index in [1.165, 1.54) is 6.07 Å². The second kappa shape index (κ2) is 6.80. The highest BCUT2D eigenvalue weighted by molar-refractivity contribution is 7.89. The van der Waals surface area contributed by atoms with Crippen LogP contribution in [0.4, 0.5) is 0 Å². The van der Waals surface area contributed by atoms with Gasteiger partial charge in [0, 0.05) is 41.3 Å². The molecule has 0 radical (unpaired) electrons. The van der Waals surface area contributed by atoms with Gasteiger partial charge in [-0.2, -0.15) is 0 Å². The molecular weight excluding hydrogens is 360 g/mol. The van der Waals surface area contributed by atoms with Crippen LogP contribution in [-0.4, -0.2) is 24.6 Å². The number of nitrogens with one attached hydrogen (secondary N) is 1. The molecule has 2 N–H and O–H groups in total. The van der Waals surface area contributed by atoms with Crippen molar-refractivity contribution in [1.29, 1.82) is 0 Å². The van der Waals surface area contributed by atoms with Gasteiger partial charge in [-0.15, -0.1) is 0 Å². The Bertz CT molecular complexity index is 1030. The molecule has 7 heteroatoms. The van der Waals surface area contributed by atoms with Crippen LogP contribution in [0.5, 0.6) is 0 Å². The number of aliphatic hydroxyl groups excluding tert-OH is 1. The Labute approximate surface area is 151 Å². The first kappa shape index (κ1) is 17.9. The summed E-state index contributed by atoms with van der Waals surface area (Å²) in [5, 5.41) is 11.8. The van der Waals surface area contributed by atoms with E-state index in [0.717, 1.165) is 10.9 Å². The maximum atomic E-state index is 12.5. The molecule has 1 aromatic heterocycles. The molecule has 132 valence electrons. The predicted molar refractivity (Wildman–Crippen MR) is 99.3 cm³/mol. The first-order valence-corrected chi connectivity index (χ1v) is 9.64. The Morgan fingerprint density at radius 1 is 1.20 bits per heavy atom. The molecule has 0 saturated carbocycles. The SMILES string of the molecule is Cc1c(Cl)cccc1S(=O)(=O)NC[C@@H](O)c1cn(C)c2ccccc12. The van der Waals surface area contributed by atoms with Gasteiger partial charge in [0.05, 0.1) is 11.0 Å². The summed E-state index contributed by atoms with van der Waals surface area (Å²) >= 11 is 6.00. The standard InChI is InChI=1S/C18H19ClN2O3S/c1-12-15(19)7-5-9-18(12)25(23,24)20-10-17(22)14-11-21(2)16-8-4-3-6-13(14)16/h3-9,11,17,20,22H,10H2,1-2H3/t17-/m1/s1. The molecule has 3 rings (SSSR count). The van der Waals surface area contributed by atoms with Crippen molar-refractivity contribution in [3.05, 3.63) is 64.8 Å². The molecule has 0 bridgehead atoms. The number of rotatable bonds is 5. The predicted octanol–water partition coefficient (Wildman–Crippen LogP) is 3.15. The van der Waals surface area contributed by atoms with Crippen LogP contribution in [0, 0.1) is 6.92 Å². The quantitative estimate of drug-likeness (QED) is 0.716. The third-order valence-corrected chi connectivity index (χ3v) is 6.24. The summed E-state index contributed by atoms with van der Waals surface area (Å²) < 4.78 is 29.4. The van der Waals surface area contributed by atoms with Crippen molar-refractivity contribution in [3.63, 3.8) is 0 Å². The van der Waals surface area contributed by atoms with E-state index in [4.69, 9.17) is 11.6 Å². The molecule has 0 aliphatic heterocycles. The summed E-state index contributed by atoms with van der Waals surface area (Å²) in [6.45, 7) is 1.53. The zero-order chi connectivity index (χ0) is 18.2. The van der Waals surface area contributed by atoms with Crippen LogP contribution in [0.25, 0.3) is 10.9 Å². The molecule has 0 aliphatic rings. The van der Waals surface area contributed by atoms with Crippen LogP contribution < -0.4 is 4.72 Å². The van der Waals surface area contributed by atoms with Crippen molar-refractivity contribution in [1.82, 2.24) is 9.29 Å². The molecule has 0 fully saturated rings. The molecule has 1 heterocycles. The number of aliphatic hydroxyl groups is 1. The van der Waals surface area contributed by atoms with Gasteiger partial charge in [-0.1, -0.05) is 35.9 Å². The lowest BCUT2D eigenvalue weighted by Gasteiger charge is -2.13. The van der Waals surface area contributed by atoms with Gasteiger partial charge < -0.3 is 9.67 Å². The molecule has 0 aliphatic carbocycles. The molecule has 0 spiro atoms. The number of nitrogens with zero attached hydrogens (tertiary/aromatic N) is 1.